The Balaban J connectivity index is 0.966. The van der Waals surface area contributed by atoms with Crippen LogP contribution in [-0.2, 0) is 6.42 Å². The van der Waals surface area contributed by atoms with Crippen molar-refractivity contribution < 1.29 is 0 Å². The summed E-state index contributed by atoms with van der Waals surface area (Å²) in [6, 6.07) is 37.7. The maximum atomic E-state index is 15.8. The molecule has 0 saturated heterocycles. The number of fused-ring (bicyclic) bond motifs is 6. The van der Waals surface area contributed by atoms with Crippen LogP contribution in [0.1, 0.15) is 27.8 Å². The summed E-state index contributed by atoms with van der Waals surface area (Å²) in [5.41, 5.74) is 5.48. The molecule has 0 aliphatic rings. The average Bonchev–Trinajstić information content (AvgIpc) is 1.61. The number of hydrogen-bond acceptors (Lipinski definition) is 4. The molecule has 0 fully saturated rings. The van der Waals surface area contributed by atoms with Crippen molar-refractivity contribution in [1.29, 1.82) is 0 Å². The van der Waals surface area contributed by atoms with Crippen LogP contribution in [0.25, 0.3) is 141 Å². The summed E-state index contributed by atoms with van der Waals surface area (Å²) < 4.78 is 2.93. The van der Waals surface area contributed by atoms with E-state index in [-0.39, 0.29) is 22.2 Å². The largest absolute Gasteiger partial charge is 0.268 e. The van der Waals surface area contributed by atoms with Crippen LogP contribution in [0.2, 0.25) is 78.6 Å². The number of aromatic nitrogens is 2. The van der Waals surface area contributed by atoms with E-state index < -0.39 is 32.3 Å². The Bertz CT molecular complexity index is 5560. The summed E-state index contributed by atoms with van der Waals surface area (Å²) in [6.07, 6.45) is 0.562. The standard InChI is InChI=1S/C72H64N2O4Si4/c1-34-24-37(28-41(25-34)74-71(77)67-47-30-51(79(4,5)6)43-20-17-38-18-21-44-52(80(7,8)9)31-48(68(67)72(74)78)62-58(44)55(38)57(43)61(47)62)27-39-29-46-54(82(13,14)15)33-50-64-60(46)56-42(39)22-23-45-53(81(10,11)12)32-49(63(64)59(45)56)65-66(50)70(76)73(69(65)75)40-19-16-35(2)36(3)26-40/h16-26,28-33H,27H2,1-15H3. The number of aryl methyl sites for hydroxylation is 3. The number of hydrogen-bond donors (Lipinski definition) is 0. The lowest BCUT2D eigenvalue weighted by atomic mass is 9.91. The second-order valence-corrected chi connectivity index (χ2v) is 49.0. The number of rotatable bonds is 8. The smallest absolute Gasteiger partial charge is 0.266 e. The zero-order valence-electron chi connectivity index (χ0n) is 49.5. The van der Waals surface area contributed by atoms with Gasteiger partial charge in [-0.15, -0.1) is 0 Å². The first kappa shape index (κ1) is 50.1. The van der Waals surface area contributed by atoms with E-state index in [9.17, 15) is 0 Å². The van der Waals surface area contributed by atoms with Crippen molar-refractivity contribution in [2.75, 3.05) is 0 Å². The van der Waals surface area contributed by atoms with Gasteiger partial charge in [-0.2, -0.15) is 0 Å². The molecule has 2 heterocycles. The monoisotopic (exact) mass is 1130 g/mol. The fraction of sp³-hybridized carbons (Fsp3) is 0.222. The minimum atomic E-state index is -2.18. The highest BCUT2D eigenvalue weighted by atomic mass is 28.3. The molecule has 10 heteroatoms. The molecule has 0 N–H and O–H groups in total. The summed E-state index contributed by atoms with van der Waals surface area (Å²) in [5, 5.41) is 29.9. The molecule has 0 aliphatic heterocycles. The predicted molar refractivity (Wildman–Crippen MR) is 365 cm³/mol. The van der Waals surface area contributed by atoms with Crippen LogP contribution < -0.4 is 43.0 Å². The topological polar surface area (TPSA) is 78.1 Å². The molecule has 2 aromatic heterocycles. The van der Waals surface area contributed by atoms with E-state index in [4.69, 9.17) is 0 Å². The Morgan fingerprint density at radius 1 is 0.305 bits per heavy atom. The molecule has 82 heavy (non-hydrogen) atoms. The van der Waals surface area contributed by atoms with Gasteiger partial charge in [0.2, 0.25) is 0 Å². The molecule has 6 nitrogen and oxygen atoms in total. The Hall–Kier alpha value is -7.61. The lowest BCUT2D eigenvalue weighted by molar-refractivity contribution is 0.982. The first-order chi connectivity index (χ1) is 38.6. The highest BCUT2D eigenvalue weighted by Gasteiger charge is 2.36. The molecule has 0 radical (unpaired) electrons. The molecule has 0 bridgehead atoms. The third kappa shape index (κ3) is 6.18. The Labute approximate surface area is 478 Å². The van der Waals surface area contributed by atoms with E-state index in [0.29, 0.717) is 39.3 Å². The lowest BCUT2D eigenvalue weighted by Gasteiger charge is -2.22. The number of benzene rings is 12. The van der Waals surface area contributed by atoms with Crippen molar-refractivity contribution in [3.8, 4) is 11.4 Å². The first-order valence-corrected chi connectivity index (χ1v) is 43.2. The highest BCUT2D eigenvalue weighted by molar-refractivity contribution is 6.93. The Morgan fingerprint density at radius 3 is 1.11 bits per heavy atom. The van der Waals surface area contributed by atoms with Gasteiger partial charge < -0.3 is 0 Å². The van der Waals surface area contributed by atoms with Crippen LogP contribution in [-0.4, -0.2) is 41.4 Å². The summed E-state index contributed by atoms with van der Waals surface area (Å²) in [6.45, 7) is 34.8. The van der Waals surface area contributed by atoms with Gasteiger partial charge in [0.15, 0.2) is 0 Å². The molecule has 402 valence electrons. The van der Waals surface area contributed by atoms with Crippen LogP contribution in [0, 0.1) is 20.8 Å². The van der Waals surface area contributed by atoms with Gasteiger partial charge in [-0.25, -0.2) is 9.13 Å². The normalized spacial score (nSPS) is 13.8. The van der Waals surface area contributed by atoms with Crippen LogP contribution in [0.5, 0.6) is 0 Å². The molecule has 0 aliphatic carbocycles. The summed E-state index contributed by atoms with van der Waals surface area (Å²) >= 11 is 0. The van der Waals surface area contributed by atoms with Gasteiger partial charge in [0.25, 0.3) is 22.2 Å². The van der Waals surface area contributed by atoms with E-state index in [1.165, 1.54) is 94.7 Å². The summed E-state index contributed by atoms with van der Waals surface area (Å²) in [5.74, 6) is 0. The molecule has 0 atom stereocenters. The predicted octanol–water partition coefficient (Wildman–Crippen LogP) is 14.7. The fourth-order valence-corrected chi connectivity index (χ4v) is 22.2. The highest BCUT2D eigenvalue weighted by Crippen LogP contribution is 2.53. The molecule has 0 unspecified atom stereocenters. The van der Waals surface area contributed by atoms with E-state index in [2.05, 4.69) is 171 Å². The maximum absolute atomic E-state index is 15.8. The molecule has 0 spiro atoms. The second kappa shape index (κ2) is 15.5. The lowest BCUT2D eigenvalue weighted by Crippen LogP contribution is -2.38. The minimum Gasteiger partial charge on any atom is -0.268 e. The van der Waals surface area contributed by atoms with Crippen molar-refractivity contribution in [3.05, 3.63) is 172 Å². The van der Waals surface area contributed by atoms with Gasteiger partial charge in [0, 0.05) is 0 Å². The second-order valence-electron chi connectivity index (χ2n) is 28.8. The number of nitrogens with zero attached hydrogens (tertiary/aromatic N) is 2. The van der Waals surface area contributed by atoms with Crippen molar-refractivity contribution in [2.24, 2.45) is 0 Å². The first-order valence-electron chi connectivity index (χ1n) is 29.2. The van der Waals surface area contributed by atoms with Crippen molar-refractivity contribution in [3.63, 3.8) is 0 Å². The average molecular weight is 1130 g/mol. The zero-order valence-corrected chi connectivity index (χ0v) is 53.5. The van der Waals surface area contributed by atoms with E-state index in [1.54, 1.807) is 0 Å². The quantitative estimate of drug-likeness (QED) is 0.112. The zero-order chi connectivity index (χ0) is 57.4. The third-order valence-corrected chi connectivity index (χ3v) is 27.6. The molecule has 16 rings (SSSR count). The van der Waals surface area contributed by atoms with Gasteiger partial charge in [-0.1, -0.05) is 178 Å². The van der Waals surface area contributed by atoms with Gasteiger partial charge in [0.05, 0.1) is 65.2 Å². The van der Waals surface area contributed by atoms with E-state index in [1.807, 2.05) is 31.2 Å². The third-order valence-electron chi connectivity index (χ3n) is 19.5. The van der Waals surface area contributed by atoms with Gasteiger partial charge >= 0.3 is 0 Å². The molecular weight excluding hydrogens is 1070 g/mol. The van der Waals surface area contributed by atoms with Crippen molar-refractivity contribution >= 4 is 182 Å². The molecule has 0 amide bonds. The van der Waals surface area contributed by atoms with Crippen LogP contribution in [0.3, 0.4) is 0 Å². The van der Waals surface area contributed by atoms with E-state index in [0.717, 1.165) is 70.7 Å². The summed E-state index contributed by atoms with van der Waals surface area (Å²) in [4.78, 5) is 62.2. The maximum Gasteiger partial charge on any atom is 0.266 e. The molecular formula is C72H64N2O4Si4. The molecule has 0 saturated carbocycles. The Morgan fingerprint density at radius 2 is 0.671 bits per heavy atom. The molecule has 16 aromatic rings. The van der Waals surface area contributed by atoms with Crippen molar-refractivity contribution in [1.82, 2.24) is 9.13 Å². The van der Waals surface area contributed by atoms with Crippen LogP contribution >= 0.6 is 0 Å². The van der Waals surface area contributed by atoms with Gasteiger partial charge in [0.1, 0.15) is 0 Å². The minimum absolute atomic E-state index is 0.254. The van der Waals surface area contributed by atoms with E-state index >= 15 is 19.2 Å². The van der Waals surface area contributed by atoms with Crippen LogP contribution in [0.15, 0.2) is 122 Å². The van der Waals surface area contributed by atoms with Gasteiger partial charge in [-0.05, 0) is 187 Å². The summed E-state index contributed by atoms with van der Waals surface area (Å²) in [7, 11) is -8.25. The SMILES string of the molecule is Cc1cc(Cc2cc3c([Si](C)(C)C)cc4c5c(=O)n(-c6ccc(C)c(C)c6)c(=O)c5c5cc([Si](C)(C)C)c6ccc2c2c6c5c4c32)cc(-n2c(=O)c3c4cc([Si](C)(C)C)c5ccc6ccc7c([Si](C)(C)C)cc(c3c2=O)c2c7c6c5c42)c1. The Kier molecular flexibility index (Phi) is 9.49. The van der Waals surface area contributed by atoms with Gasteiger partial charge in [-0.3, -0.25) is 19.2 Å². The fourth-order valence-electron chi connectivity index (χ4n) is 15.8. The van der Waals surface area contributed by atoms with Crippen LogP contribution in [0.4, 0.5) is 0 Å². The van der Waals surface area contributed by atoms with Crippen molar-refractivity contribution in [2.45, 2.75) is 106 Å². The molecule has 14 aromatic carbocycles.